The molecule has 1 saturated carbocycles. The number of carbonyl (C=O) groups is 1. The van der Waals surface area contributed by atoms with Crippen molar-refractivity contribution >= 4 is 17.7 Å². The summed E-state index contributed by atoms with van der Waals surface area (Å²) in [5, 5.41) is 3.19. The van der Waals surface area contributed by atoms with Gasteiger partial charge in [-0.2, -0.15) is 0 Å². The molecule has 2 nitrogen and oxygen atoms in total. The molecule has 1 aromatic rings. The molecule has 2 rings (SSSR count). The van der Waals surface area contributed by atoms with E-state index in [1.54, 1.807) is 11.8 Å². The van der Waals surface area contributed by atoms with Crippen molar-refractivity contribution in [3.63, 3.8) is 0 Å². The topological polar surface area (TPSA) is 29.1 Å². The molecule has 0 bridgehead atoms. The van der Waals surface area contributed by atoms with E-state index in [9.17, 15) is 4.79 Å². The molecule has 1 aliphatic rings. The number of thioether (sulfide) groups is 1. The van der Waals surface area contributed by atoms with Crippen molar-refractivity contribution < 1.29 is 4.79 Å². The SMILES string of the molecule is CSc1ccc(CCNC(=O)[C@@H]2C[C@H](C)CC[C@H]2C(C)C)cc1. The second kappa shape index (κ2) is 8.77. The maximum absolute atomic E-state index is 12.6. The molecule has 0 aromatic heterocycles. The minimum Gasteiger partial charge on any atom is -0.356 e. The normalized spacial score (nSPS) is 24.7. The van der Waals surface area contributed by atoms with E-state index in [1.165, 1.54) is 23.3 Å². The lowest BCUT2D eigenvalue weighted by atomic mass is 9.70. The van der Waals surface area contributed by atoms with E-state index >= 15 is 0 Å². The molecule has 0 heterocycles. The van der Waals surface area contributed by atoms with Crippen LogP contribution in [0.25, 0.3) is 0 Å². The lowest BCUT2D eigenvalue weighted by Crippen LogP contribution is -2.40. The summed E-state index contributed by atoms with van der Waals surface area (Å²) in [5.74, 6) is 2.30. The Kier molecular flexibility index (Phi) is 7.01. The Morgan fingerprint density at radius 2 is 1.96 bits per heavy atom. The average Bonchev–Trinajstić information content (AvgIpc) is 2.55. The van der Waals surface area contributed by atoms with Crippen LogP contribution in [0.15, 0.2) is 29.2 Å². The van der Waals surface area contributed by atoms with Gasteiger partial charge in [-0.1, -0.05) is 39.3 Å². The van der Waals surface area contributed by atoms with E-state index in [-0.39, 0.29) is 11.8 Å². The largest absolute Gasteiger partial charge is 0.356 e. The van der Waals surface area contributed by atoms with Gasteiger partial charge in [0.2, 0.25) is 5.91 Å². The zero-order chi connectivity index (χ0) is 16.8. The van der Waals surface area contributed by atoms with E-state index in [1.807, 2.05) is 0 Å². The molecular weight excluding hydrogens is 302 g/mol. The Morgan fingerprint density at radius 1 is 1.26 bits per heavy atom. The van der Waals surface area contributed by atoms with Crippen LogP contribution in [0.1, 0.15) is 45.6 Å². The summed E-state index contributed by atoms with van der Waals surface area (Å²) in [6, 6.07) is 8.63. The zero-order valence-corrected chi connectivity index (χ0v) is 15.8. The van der Waals surface area contributed by atoms with Gasteiger partial charge in [-0.15, -0.1) is 11.8 Å². The van der Waals surface area contributed by atoms with Crippen LogP contribution in [-0.4, -0.2) is 18.7 Å². The van der Waals surface area contributed by atoms with Gasteiger partial charge < -0.3 is 5.32 Å². The molecule has 3 atom stereocenters. The predicted octanol–water partition coefficient (Wildman–Crippen LogP) is 4.78. The van der Waals surface area contributed by atoms with Gasteiger partial charge in [0, 0.05) is 17.4 Å². The lowest BCUT2D eigenvalue weighted by molar-refractivity contribution is -0.129. The molecule has 0 radical (unpaired) electrons. The third-order valence-electron chi connectivity index (χ3n) is 5.23. The average molecular weight is 334 g/mol. The van der Waals surface area contributed by atoms with Gasteiger partial charge in [-0.25, -0.2) is 0 Å². The Hall–Kier alpha value is -0.960. The summed E-state index contributed by atoms with van der Waals surface area (Å²) >= 11 is 1.76. The molecule has 1 N–H and O–H groups in total. The van der Waals surface area contributed by atoms with Gasteiger partial charge in [0.25, 0.3) is 0 Å². The fourth-order valence-corrected chi connectivity index (χ4v) is 4.17. The first-order chi connectivity index (χ1) is 11.0. The van der Waals surface area contributed by atoms with Crippen LogP contribution in [0, 0.1) is 23.7 Å². The number of hydrogen-bond acceptors (Lipinski definition) is 2. The zero-order valence-electron chi connectivity index (χ0n) is 15.0. The second-order valence-electron chi connectivity index (χ2n) is 7.32. The highest BCUT2D eigenvalue weighted by Gasteiger charge is 2.35. The highest BCUT2D eigenvalue weighted by Crippen LogP contribution is 2.38. The molecule has 1 aliphatic carbocycles. The third kappa shape index (κ3) is 5.27. The molecule has 0 unspecified atom stereocenters. The monoisotopic (exact) mass is 333 g/mol. The van der Waals surface area contributed by atoms with Crippen LogP contribution < -0.4 is 5.32 Å². The van der Waals surface area contributed by atoms with E-state index < -0.39 is 0 Å². The maximum Gasteiger partial charge on any atom is 0.223 e. The van der Waals surface area contributed by atoms with Crippen molar-refractivity contribution in [3.05, 3.63) is 29.8 Å². The van der Waals surface area contributed by atoms with Crippen molar-refractivity contribution in [2.45, 2.75) is 51.3 Å². The number of carbonyl (C=O) groups excluding carboxylic acids is 1. The van der Waals surface area contributed by atoms with E-state index in [0.717, 1.165) is 19.4 Å². The summed E-state index contributed by atoms with van der Waals surface area (Å²) in [7, 11) is 0. The third-order valence-corrected chi connectivity index (χ3v) is 5.97. The Morgan fingerprint density at radius 3 is 2.57 bits per heavy atom. The number of rotatable bonds is 6. The van der Waals surface area contributed by atoms with Crippen molar-refractivity contribution in [1.82, 2.24) is 5.32 Å². The molecule has 1 aromatic carbocycles. The van der Waals surface area contributed by atoms with Crippen LogP contribution in [0.3, 0.4) is 0 Å². The highest BCUT2D eigenvalue weighted by molar-refractivity contribution is 7.98. The number of benzene rings is 1. The summed E-state index contributed by atoms with van der Waals surface area (Å²) in [5.41, 5.74) is 1.29. The number of nitrogens with one attached hydrogen (secondary N) is 1. The van der Waals surface area contributed by atoms with Gasteiger partial charge in [-0.3, -0.25) is 4.79 Å². The summed E-state index contributed by atoms with van der Waals surface area (Å²) in [4.78, 5) is 13.9. The van der Waals surface area contributed by atoms with Gasteiger partial charge in [0.15, 0.2) is 0 Å². The van der Waals surface area contributed by atoms with Gasteiger partial charge in [0.1, 0.15) is 0 Å². The second-order valence-corrected chi connectivity index (χ2v) is 8.20. The van der Waals surface area contributed by atoms with Gasteiger partial charge >= 0.3 is 0 Å². The first-order valence-electron chi connectivity index (χ1n) is 8.92. The molecule has 0 saturated heterocycles. The molecule has 0 spiro atoms. The summed E-state index contributed by atoms with van der Waals surface area (Å²) in [6.07, 6.45) is 6.53. The van der Waals surface area contributed by atoms with Crippen LogP contribution in [0.5, 0.6) is 0 Å². The molecule has 128 valence electrons. The van der Waals surface area contributed by atoms with Crippen LogP contribution in [0.4, 0.5) is 0 Å². The minimum atomic E-state index is 0.206. The highest BCUT2D eigenvalue weighted by atomic mass is 32.2. The fraction of sp³-hybridized carbons (Fsp3) is 0.650. The fourth-order valence-electron chi connectivity index (χ4n) is 3.76. The van der Waals surface area contributed by atoms with Crippen molar-refractivity contribution in [2.75, 3.05) is 12.8 Å². The quantitative estimate of drug-likeness (QED) is 0.759. The summed E-state index contributed by atoms with van der Waals surface area (Å²) < 4.78 is 0. The number of amides is 1. The van der Waals surface area contributed by atoms with E-state index in [4.69, 9.17) is 0 Å². The maximum atomic E-state index is 12.6. The standard InChI is InChI=1S/C20H31NOS/c1-14(2)18-10-5-15(3)13-19(18)20(22)21-12-11-16-6-8-17(23-4)9-7-16/h6-9,14-15,18-19H,5,10-13H2,1-4H3,(H,21,22)/t15-,18+,19-/m1/s1. The Labute approximate surface area is 145 Å². The minimum absolute atomic E-state index is 0.206. The Bertz CT molecular complexity index is 497. The van der Waals surface area contributed by atoms with Crippen LogP contribution in [-0.2, 0) is 11.2 Å². The van der Waals surface area contributed by atoms with E-state index in [2.05, 4.69) is 56.6 Å². The van der Waals surface area contributed by atoms with Crippen LogP contribution >= 0.6 is 11.8 Å². The van der Waals surface area contributed by atoms with Gasteiger partial charge in [-0.05, 0) is 61.0 Å². The van der Waals surface area contributed by atoms with Crippen molar-refractivity contribution in [1.29, 1.82) is 0 Å². The molecule has 1 amide bonds. The van der Waals surface area contributed by atoms with Crippen LogP contribution in [0.2, 0.25) is 0 Å². The van der Waals surface area contributed by atoms with Crippen molar-refractivity contribution in [3.8, 4) is 0 Å². The molecular formula is C20H31NOS. The Balaban J connectivity index is 1.84. The lowest BCUT2D eigenvalue weighted by Gasteiger charge is -2.36. The number of hydrogen-bond donors (Lipinski definition) is 1. The smallest absolute Gasteiger partial charge is 0.223 e. The first-order valence-corrected chi connectivity index (χ1v) is 10.1. The van der Waals surface area contributed by atoms with E-state index in [0.29, 0.717) is 17.8 Å². The molecule has 3 heteroatoms. The molecule has 1 fully saturated rings. The summed E-state index contributed by atoms with van der Waals surface area (Å²) in [6.45, 7) is 7.54. The molecule has 23 heavy (non-hydrogen) atoms. The van der Waals surface area contributed by atoms with Crippen molar-refractivity contribution in [2.24, 2.45) is 23.7 Å². The van der Waals surface area contributed by atoms with Gasteiger partial charge in [0.05, 0.1) is 0 Å². The molecule has 0 aliphatic heterocycles. The first kappa shape index (κ1) is 18.4. The predicted molar refractivity (Wildman–Crippen MR) is 99.8 cm³/mol.